The van der Waals surface area contributed by atoms with Crippen LogP contribution in [0.3, 0.4) is 0 Å². The lowest BCUT2D eigenvalue weighted by molar-refractivity contribution is 0.0717. The fourth-order valence-corrected chi connectivity index (χ4v) is 5.48. The summed E-state index contributed by atoms with van der Waals surface area (Å²) in [6.07, 6.45) is 6.80. The molecule has 1 aliphatic heterocycles. The number of nitriles is 1. The molecule has 0 saturated carbocycles. The minimum Gasteiger partial charge on any atom is -0.346 e. The molecular weight excluding hydrogens is 428 g/mol. The minimum absolute atomic E-state index is 0.142. The summed E-state index contributed by atoms with van der Waals surface area (Å²) in [6.45, 7) is 2.25. The molecule has 3 aromatic heterocycles. The van der Waals surface area contributed by atoms with Crippen molar-refractivity contribution in [2.75, 3.05) is 18.4 Å². The van der Waals surface area contributed by atoms with Gasteiger partial charge in [-0.05, 0) is 25.1 Å². The molecule has 0 spiro atoms. The van der Waals surface area contributed by atoms with Crippen LogP contribution >= 0.6 is 0 Å². The number of aryl methyl sites for hydroxylation is 1. The second-order valence-electron chi connectivity index (χ2n) is 7.91. The molecule has 0 radical (unpaired) electrons. The minimum atomic E-state index is -3.63. The molecule has 4 aromatic rings. The van der Waals surface area contributed by atoms with Gasteiger partial charge in [0.1, 0.15) is 23.3 Å². The molecule has 0 atom stereocenters. The van der Waals surface area contributed by atoms with Crippen molar-refractivity contribution < 1.29 is 8.42 Å². The molecule has 162 valence electrons. The normalized spacial score (nSPS) is 15.9. The number of H-pyrrole nitrogens is 1. The molecule has 11 heteroatoms. The number of nitrogens with one attached hydrogen (secondary N) is 2. The number of hydrogen-bond acceptors (Lipinski definition) is 7. The van der Waals surface area contributed by atoms with Crippen molar-refractivity contribution in [1.29, 1.82) is 5.26 Å². The molecule has 10 nitrogen and oxygen atoms in total. The lowest BCUT2D eigenvalue weighted by Crippen LogP contribution is -2.64. The highest BCUT2D eigenvalue weighted by atomic mass is 32.2. The third-order valence-electron chi connectivity index (χ3n) is 5.69. The lowest BCUT2D eigenvalue weighted by Gasteiger charge is -2.47. The summed E-state index contributed by atoms with van der Waals surface area (Å²) < 4.78 is 29.0. The Kier molecular flexibility index (Phi) is 4.69. The number of anilines is 2. The van der Waals surface area contributed by atoms with E-state index in [9.17, 15) is 13.7 Å². The molecule has 0 amide bonds. The zero-order chi connectivity index (χ0) is 22.3. The Bertz CT molecular complexity index is 1430. The van der Waals surface area contributed by atoms with Crippen LogP contribution in [-0.4, -0.2) is 50.5 Å². The van der Waals surface area contributed by atoms with Crippen LogP contribution in [0.25, 0.3) is 11.0 Å². The van der Waals surface area contributed by atoms with E-state index < -0.39 is 15.6 Å². The van der Waals surface area contributed by atoms with Gasteiger partial charge in [-0.15, -0.1) is 0 Å². The molecule has 1 aliphatic rings. The highest BCUT2D eigenvalue weighted by Crippen LogP contribution is 2.37. The van der Waals surface area contributed by atoms with E-state index in [-0.39, 0.29) is 24.4 Å². The molecule has 5 rings (SSSR count). The Morgan fingerprint density at radius 2 is 2.00 bits per heavy atom. The summed E-state index contributed by atoms with van der Waals surface area (Å²) in [4.78, 5) is 11.7. The van der Waals surface area contributed by atoms with E-state index in [1.165, 1.54) is 10.6 Å². The second kappa shape index (κ2) is 7.44. The van der Waals surface area contributed by atoms with Crippen LogP contribution in [0.5, 0.6) is 0 Å². The largest absolute Gasteiger partial charge is 0.346 e. The van der Waals surface area contributed by atoms with Crippen molar-refractivity contribution in [3.8, 4) is 6.07 Å². The van der Waals surface area contributed by atoms with Gasteiger partial charge < -0.3 is 10.3 Å². The van der Waals surface area contributed by atoms with Crippen molar-refractivity contribution >= 4 is 32.6 Å². The lowest BCUT2D eigenvalue weighted by atomic mass is 9.89. The van der Waals surface area contributed by atoms with Crippen LogP contribution < -0.4 is 5.32 Å². The number of rotatable bonds is 6. The summed E-state index contributed by atoms with van der Waals surface area (Å²) >= 11 is 0. The number of sulfonamides is 1. The van der Waals surface area contributed by atoms with Crippen molar-refractivity contribution in [2.45, 2.75) is 23.8 Å². The fourth-order valence-electron chi connectivity index (χ4n) is 3.88. The number of aromatic amines is 1. The number of aromatic nitrogens is 5. The van der Waals surface area contributed by atoms with Gasteiger partial charge in [0.05, 0.1) is 34.7 Å². The number of hydrogen-bond donors (Lipinski definition) is 2. The standard InChI is InChI=1S/C21H20N8O2S/c1-15-2-4-17(5-3-15)32(30,31)28-12-21(13-28,7-8-22)29-11-16(10-26-29)27-20-18-6-9-23-19(18)24-14-25-20/h2-6,9-11,14H,7,12-13H2,1H3,(H2,23,24,25,27). The molecule has 1 fully saturated rings. The molecule has 2 N–H and O–H groups in total. The summed E-state index contributed by atoms with van der Waals surface area (Å²) in [5.41, 5.74) is 1.67. The van der Waals surface area contributed by atoms with Gasteiger partial charge in [-0.1, -0.05) is 17.7 Å². The smallest absolute Gasteiger partial charge is 0.243 e. The molecule has 1 saturated heterocycles. The Labute approximate surface area is 184 Å². The zero-order valence-corrected chi connectivity index (χ0v) is 18.0. The monoisotopic (exact) mass is 448 g/mol. The van der Waals surface area contributed by atoms with Gasteiger partial charge in [0.2, 0.25) is 10.0 Å². The maximum atomic E-state index is 13.0. The van der Waals surface area contributed by atoms with Crippen molar-refractivity contribution in [1.82, 2.24) is 29.0 Å². The quantitative estimate of drug-likeness (QED) is 0.463. The summed E-state index contributed by atoms with van der Waals surface area (Å²) in [6, 6.07) is 10.8. The van der Waals surface area contributed by atoms with E-state index in [1.807, 2.05) is 13.0 Å². The van der Waals surface area contributed by atoms with Crippen LogP contribution in [0.1, 0.15) is 12.0 Å². The van der Waals surface area contributed by atoms with Gasteiger partial charge in [0, 0.05) is 25.5 Å². The van der Waals surface area contributed by atoms with E-state index in [1.54, 1.807) is 47.5 Å². The van der Waals surface area contributed by atoms with Crippen molar-refractivity contribution in [2.24, 2.45) is 0 Å². The van der Waals surface area contributed by atoms with Gasteiger partial charge in [-0.2, -0.15) is 14.7 Å². The van der Waals surface area contributed by atoms with E-state index >= 15 is 0 Å². The highest BCUT2D eigenvalue weighted by molar-refractivity contribution is 7.89. The molecule has 0 unspecified atom stereocenters. The van der Waals surface area contributed by atoms with Gasteiger partial charge in [0.25, 0.3) is 0 Å². The molecule has 1 aromatic carbocycles. The SMILES string of the molecule is Cc1ccc(S(=O)(=O)N2CC(CC#N)(n3cc(Nc4ncnc5[nH]ccc45)cn3)C2)cc1. The van der Waals surface area contributed by atoms with E-state index in [2.05, 4.69) is 31.4 Å². The Morgan fingerprint density at radius 1 is 1.22 bits per heavy atom. The van der Waals surface area contributed by atoms with Gasteiger partial charge in [-0.25, -0.2) is 18.4 Å². The zero-order valence-electron chi connectivity index (χ0n) is 17.2. The predicted octanol–water partition coefficient (Wildman–Crippen LogP) is 2.52. The molecule has 0 aliphatic carbocycles. The fraction of sp³-hybridized carbons (Fsp3) is 0.238. The number of benzene rings is 1. The molecule has 32 heavy (non-hydrogen) atoms. The first-order valence-electron chi connectivity index (χ1n) is 9.95. The molecular formula is C21H20N8O2S. The first-order chi connectivity index (χ1) is 15.4. The van der Waals surface area contributed by atoms with Gasteiger partial charge in [0.15, 0.2) is 0 Å². The average Bonchev–Trinajstić information content (AvgIpc) is 3.41. The third kappa shape index (κ3) is 3.30. The van der Waals surface area contributed by atoms with Crippen molar-refractivity contribution in [3.63, 3.8) is 0 Å². The summed E-state index contributed by atoms with van der Waals surface area (Å²) in [7, 11) is -3.63. The Morgan fingerprint density at radius 3 is 2.75 bits per heavy atom. The maximum absolute atomic E-state index is 13.0. The van der Waals surface area contributed by atoms with Crippen LogP contribution in [0.15, 0.2) is 60.1 Å². The molecule has 0 bridgehead atoms. The van der Waals surface area contributed by atoms with Gasteiger partial charge >= 0.3 is 0 Å². The third-order valence-corrected chi connectivity index (χ3v) is 7.50. The van der Waals surface area contributed by atoms with Gasteiger partial charge in [-0.3, -0.25) is 4.68 Å². The average molecular weight is 449 g/mol. The first kappa shape index (κ1) is 20.2. The topological polar surface area (TPSA) is 133 Å². The predicted molar refractivity (Wildman–Crippen MR) is 118 cm³/mol. The Balaban J connectivity index is 1.38. The summed E-state index contributed by atoms with van der Waals surface area (Å²) in [5.74, 6) is 0.627. The molecule has 4 heterocycles. The highest BCUT2D eigenvalue weighted by Gasteiger charge is 2.50. The number of fused-ring (bicyclic) bond motifs is 1. The van der Waals surface area contributed by atoms with E-state index in [0.29, 0.717) is 17.2 Å². The second-order valence-corrected chi connectivity index (χ2v) is 9.84. The Hall–Kier alpha value is -3.75. The van der Waals surface area contributed by atoms with Crippen molar-refractivity contribution in [3.05, 3.63) is 60.8 Å². The van der Waals surface area contributed by atoms with Crippen LogP contribution in [-0.2, 0) is 15.6 Å². The summed E-state index contributed by atoms with van der Waals surface area (Å²) in [5, 5.41) is 17.9. The maximum Gasteiger partial charge on any atom is 0.243 e. The first-order valence-corrected chi connectivity index (χ1v) is 11.4. The van der Waals surface area contributed by atoms with Crippen LogP contribution in [0.2, 0.25) is 0 Å². The van der Waals surface area contributed by atoms with E-state index in [4.69, 9.17) is 0 Å². The van der Waals surface area contributed by atoms with Crippen LogP contribution in [0, 0.1) is 18.3 Å². The number of nitrogens with zero attached hydrogens (tertiary/aromatic N) is 6. The van der Waals surface area contributed by atoms with Crippen LogP contribution in [0.4, 0.5) is 11.5 Å². The van der Waals surface area contributed by atoms with E-state index in [0.717, 1.165) is 10.9 Å².